The Balaban J connectivity index is 2.56. The lowest BCUT2D eigenvalue weighted by atomic mass is 10.2. The molecule has 0 spiro atoms. The molecule has 1 aromatic rings. The van der Waals surface area contributed by atoms with Gasteiger partial charge < -0.3 is 9.84 Å². The molecule has 0 aromatic carbocycles. The van der Waals surface area contributed by atoms with Crippen LogP contribution in [0.25, 0.3) is 0 Å². The monoisotopic (exact) mass is 247 g/mol. The molecule has 0 radical (unpaired) electrons. The standard InChI is InChI=1S/C13H13NO4/c1-2-18-13(17)5-3-4-10-6-7-11(14-9-10)8-12(15)16/h6-7,9H,2,5,8H2,1H3,(H,15,16). The second-order valence-corrected chi connectivity index (χ2v) is 3.39. The van der Waals surface area contributed by atoms with Crippen LogP contribution in [0.15, 0.2) is 18.3 Å². The molecule has 1 rings (SSSR count). The molecular formula is C13H13NO4. The molecule has 0 atom stereocenters. The van der Waals surface area contributed by atoms with Gasteiger partial charge in [-0.25, -0.2) is 0 Å². The Morgan fingerprint density at radius 3 is 2.78 bits per heavy atom. The summed E-state index contributed by atoms with van der Waals surface area (Å²) in [6.07, 6.45) is 1.40. The molecular weight excluding hydrogens is 234 g/mol. The lowest BCUT2D eigenvalue weighted by molar-refractivity contribution is -0.142. The molecule has 1 heterocycles. The van der Waals surface area contributed by atoms with E-state index in [2.05, 4.69) is 16.8 Å². The van der Waals surface area contributed by atoms with Crippen molar-refractivity contribution in [3.8, 4) is 11.8 Å². The van der Waals surface area contributed by atoms with Crippen molar-refractivity contribution in [1.29, 1.82) is 0 Å². The first kappa shape index (κ1) is 13.7. The number of carboxylic acid groups (broad SMARTS) is 1. The van der Waals surface area contributed by atoms with Gasteiger partial charge in [-0.05, 0) is 19.1 Å². The fraction of sp³-hybridized carbons (Fsp3) is 0.308. The minimum absolute atomic E-state index is 0.0325. The number of rotatable bonds is 4. The fourth-order valence-corrected chi connectivity index (χ4v) is 1.19. The Labute approximate surface area is 105 Å². The first-order valence-electron chi connectivity index (χ1n) is 5.43. The van der Waals surface area contributed by atoms with Crippen molar-refractivity contribution < 1.29 is 19.4 Å². The number of carboxylic acids is 1. The number of carbonyl (C=O) groups excluding carboxylic acids is 1. The van der Waals surface area contributed by atoms with Crippen LogP contribution in [0.4, 0.5) is 0 Å². The summed E-state index contributed by atoms with van der Waals surface area (Å²) >= 11 is 0. The summed E-state index contributed by atoms with van der Waals surface area (Å²) < 4.78 is 4.72. The third-order valence-corrected chi connectivity index (χ3v) is 1.93. The first-order chi connectivity index (χ1) is 8.61. The van der Waals surface area contributed by atoms with E-state index in [1.54, 1.807) is 19.1 Å². The van der Waals surface area contributed by atoms with E-state index in [9.17, 15) is 9.59 Å². The van der Waals surface area contributed by atoms with Crippen molar-refractivity contribution >= 4 is 11.9 Å². The highest BCUT2D eigenvalue weighted by Gasteiger charge is 2.01. The average molecular weight is 247 g/mol. The van der Waals surface area contributed by atoms with Gasteiger partial charge in [0.15, 0.2) is 0 Å². The van der Waals surface area contributed by atoms with Gasteiger partial charge in [-0.15, -0.1) is 0 Å². The van der Waals surface area contributed by atoms with E-state index >= 15 is 0 Å². The van der Waals surface area contributed by atoms with E-state index in [4.69, 9.17) is 9.84 Å². The van der Waals surface area contributed by atoms with Gasteiger partial charge in [0.25, 0.3) is 0 Å². The molecule has 0 amide bonds. The Bertz CT molecular complexity index is 482. The Hall–Kier alpha value is -2.35. The van der Waals surface area contributed by atoms with Gasteiger partial charge in [0, 0.05) is 11.8 Å². The van der Waals surface area contributed by atoms with E-state index < -0.39 is 5.97 Å². The van der Waals surface area contributed by atoms with E-state index in [-0.39, 0.29) is 18.8 Å². The Morgan fingerprint density at radius 2 is 2.22 bits per heavy atom. The molecule has 94 valence electrons. The van der Waals surface area contributed by atoms with Crippen molar-refractivity contribution in [2.24, 2.45) is 0 Å². The number of aromatic nitrogens is 1. The maximum absolute atomic E-state index is 11.0. The lowest BCUT2D eigenvalue weighted by Gasteiger charge is -1.96. The Morgan fingerprint density at radius 1 is 1.44 bits per heavy atom. The summed E-state index contributed by atoms with van der Waals surface area (Å²) in [5.74, 6) is 4.13. The highest BCUT2D eigenvalue weighted by Crippen LogP contribution is 2.00. The van der Waals surface area contributed by atoms with Gasteiger partial charge in [0.05, 0.1) is 18.7 Å². The van der Waals surface area contributed by atoms with Crippen molar-refractivity contribution in [3.05, 3.63) is 29.6 Å². The predicted octanol–water partition coefficient (Wildman–Crippen LogP) is 1.01. The van der Waals surface area contributed by atoms with Gasteiger partial charge in [0.1, 0.15) is 6.42 Å². The minimum Gasteiger partial charge on any atom is -0.481 e. The summed E-state index contributed by atoms with van der Waals surface area (Å²) in [6.45, 7) is 2.07. The normalized spacial score (nSPS) is 9.17. The first-order valence-corrected chi connectivity index (χ1v) is 5.43. The third-order valence-electron chi connectivity index (χ3n) is 1.93. The van der Waals surface area contributed by atoms with Crippen molar-refractivity contribution in [1.82, 2.24) is 4.98 Å². The largest absolute Gasteiger partial charge is 0.481 e. The number of carbonyl (C=O) groups is 2. The van der Waals surface area contributed by atoms with Crippen LogP contribution in [0.2, 0.25) is 0 Å². The summed E-state index contributed by atoms with van der Waals surface area (Å²) in [6, 6.07) is 3.27. The molecule has 0 saturated carbocycles. The molecule has 5 heteroatoms. The SMILES string of the molecule is CCOC(=O)CC#Cc1ccc(CC(=O)O)nc1. The van der Waals surface area contributed by atoms with Crippen LogP contribution in [0.5, 0.6) is 0 Å². The van der Waals surface area contributed by atoms with Crippen LogP contribution in [-0.4, -0.2) is 28.6 Å². The average Bonchev–Trinajstić information content (AvgIpc) is 2.31. The molecule has 0 fully saturated rings. The zero-order valence-electron chi connectivity index (χ0n) is 9.97. The number of hydrogen-bond acceptors (Lipinski definition) is 4. The van der Waals surface area contributed by atoms with Crippen molar-refractivity contribution in [3.63, 3.8) is 0 Å². The highest BCUT2D eigenvalue weighted by atomic mass is 16.5. The van der Waals surface area contributed by atoms with E-state index in [0.717, 1.165) is 0 Å². The summed E-state index contributed by atoms with van der Waals surface area (Å²) in [5, 5.41) is 8.57. The Kier molecular flexibility index (Phi) is 5.39. The zero-order valence-corrected chi connectivity index (χ0v) is 9.97. The van der Waals surface area contributed by atoms with Crippen molar-refractivity contribution in [2.75, 3.05) is 6.61 Å². The molecule has 1 aromatic heterocycles. The van der Waals surface area contributed by atoms with E-state index in [1.807, 2.05) is 0 Å². The molecule has 0 aliphatic heterocycles. The fourth-order valence-electron chi connectivity index (χ4n) is 1.19. The number of hydrogen-bond donors (Lipinski definition) is 1. The molecule has 0 aliphatic carbocycles. The van der Waals surface area contributed by atoms with Gasteiger partial charge >= 0.3 is 11.9 Å². The quantitative estimate of drug-likeness (QED) is 0.634. The zero-order chi connectivity index (χ0) is 13.4. The van der Waals surface area contributed by atoms with Gasteiger partial charge in [-0.3, -0.25) is 14.6 Å². The van der Waals surface area contributed by atoms with E-state index in [0.29, 0.717) is 17.9 Å². The van der Waals surface area contributed by atoms with Crippen LogP contribution in [0.3, 0.4) is 0 Å². The smallest absolute Gasteiger partial charge is 0.317 e. The predicted molar refractivity (Wildman–Crippen MR) is 63.7 cm³/mol. The van der Waals surface area contributed by atoms with Gasteiger partial charge in [-0.1, -0.05) is 11.8 Å². The number of aliphatic carboxylic acids is 1. The molecule has 18 heavy (non-hydrogen) atoms. The summed E-state index contributed by atoms with van der Waals surface area (Å²) in [7, 11) is 0. The van der Waals surface area contributed by atoms with Crippen LogP contribution in [0, 0.1) is 11.8 Å². The summed E-state index contributed by atoms with van der Waals surface area (Å²) in [4.78, 5) is 25.4. The highest BCUT2D eigenvalue weighted by molar-refractivity contribution is 5.72. The van der Waals surface area contributed by atoms with Crippen LogP contribution in [0.1, 0.15) is 24.6 Å². The van der Waals surface area contributed by atoms with Crippen LogP contribution < -0.4 is 0 Å². The molecule has 5 nitrogen and oxygen atoms in total. The van der Waals surface area contributed by atoms with Crippen LogP contribution >= 0.6 is 0 Å². The molecule has 0 unspecified atom stereocenters. The third kappa shape index (κ3) is 5.12. The second-order valence-electron chi connectivity index (χ2n) is 3.39. The topological polar surface area (TPSA) is 76.5 Å². The minimum atomic E-state index is -0.927. The number of pyridine rings is 1. The van der Waals surface area contributed by atoms with Gasteiger partial charge in [-0.2, -0.15) is 0 Å². The second kappa shape index (κ2) is 7.07. The number of ether oxygens (including phenoxy) is 1. The van der Waals surface area contributed by atoms with Gasteiger partial charge in [0.2, 0.25) is 0 Å². The maximum atomic E-state index is 11.0. The maximum Gasteiger partial charge on any atom is 0.317 e. The number of nitrogens with zero attached hydrogens (tertiary/aromatic N) is 1. The molecule has 0 bridgehead atoms. The molecule has 0 saturated heterocycles. The summed E-state index contributed by atoms with van der Waals surface area (Å²) in [5.41, 5.74) is 1.10. The van der Waals surface area contributed by atoms with E-state index in [1.165, 1.54) is 6.20 Å². The number of esters is 1. The van der Waals surface area contributed by atoms with Crippen LogP contribution in [-0.2, 0) is 20.7 Å². The lowest BCUT2D eigenvalue weighted by Crippen LogP contribution is -2.02. The van der Waals surface area contributed by atoms with Crippen molar-refractivity contribution in [2.45, 2.75) is 19.8 Å². The molecule has 0 aliphatic rings. The molecule has 1 N–H and O–H groups in total.